The molecule has 1 heterocycles. The van der Waals surface area contributed by atoms with Crippen LogP contribution in [-0.2, 0) is 14.9 Å². The maximum atomic E-state index is 13.0. The normalized spacial score (nSPS) is 15.6. The molecule has 0 aliphatic carbocycles. The number of benzene rings is 2. The third kappa shape index (κ3) is 5.88. The predicted molar refractivity (Wildman–Crippen MR) is 126 cm³/mol. The van der Waals surface area contributed by atoms with Gasteiger partial charge in [0.05, 0.1) is 6.61 Å². The Morgan fingerprint density at radius 2 is 1.75 bits per heavy atom. The van der Waals surface area contributed by atoms with Crippen LogP contribution in [0.1, 0.15) is 56.5 Å². The summed E-state index contributed by atoms with van der Waals surface area (Å²) < 4.78 is 11.2. The Kier molecular flexibility index (Phi) is 7.56. The lowest BCUT2D eigenvalue weighted by atomic mass is 9.74. The van der Waals surface area contributed by atoms with E-state index < -0.39 is 5.41 Å². The summed E-state index contributed by atoms with van der Waals surface area (Å²) in [5, 5.41) is 6.00. The molecule has 3 rings (SSSR count). The average molecular weight is 439 g/mol. The summed E-state index contributed by atoms with van der Waals surface area (Å²) in [5.74, 6) is 0.594. The molecule has 2 aromatic rings. The number of nitrogens with one attached hydrogen (secondary N) is 2. The van der Waals surface area contributed by atoms with E-state index in [9.17, 15) is 9.59 Å². The first kappa shape index (κ1) is 23.8. The van der Waals surface area contributed by atoms with Gasteiger partial charge in [0, 0.05) is 41.8 Å². The third-order valence-electron chi connectivity index (χ3n) is 5.88. The van der Waals surface area contributed by atoms with E-state index in [1.807, 2.05) is 39.8 Å². The summed E-state index contributed by atoms with van der Waals surface area (Å²) in [5.41, 5.74) is 1.62. The minimum atomic E-state index is -0.509. The molecule has 0 bridgehead atoms. The molecule has 2 amide bonds. The quantitative estimate of drug-likeness (QED) is 0.665. The topological polar surface area (TPSA) is 76.7 Å². The number of carbonyl (C=O) groups is 2. The van der Waals surface area contributed by atoms with Gasteiger partial charge in [-0.2, -0.15) is 0 Å². The fraction of sp³-hybridized carbons (Fsp3) is 0.462. The molecule has 6 heteroatoms. The first-order valence-corrected chi connectivity index (χ1v) is 11.2. The standard InChI is InChI=1S/C26H34N2O4/c1-5-32-22-11-9-20(10-12-22)26(13-15-31-16-14-26)18-27-23(29)19-7-6-8-21(17-19)28-24(30)25(2,3)4/h6-12,17H,5,13-16,18H2,1-4H3,(H,27,29)(H,28,30). The molecule has 0 aromatic heterocycles. The number of rotatable bonds is 7. The Morgan fingerprint density at radius 3 is 2.38 bits per heavy atom. The Bertz CT molecular complexity index is 926. The molecule has 0 unspecified atom stereocenters. The molecule has 1 aliphatic rings. The summed E-state index contributed by atoms with van der Waals surface area (Å²) >= 11 is 0. The van der Waals surface area contributed by atoms with E-state index in [0.29, 0.717) is 37.6 Å². The second kappa shape index (κ2) is 10.2. The van der Waals surface area contributed by atoms with Crippen LogP contribution in [0.3, 0.4) is 0 Å². The van der Waals surface area contributed by atoms with E-state index in [2.05, 4.69) is 22.8 Å². The van der Waals surface area contributed by atoms with Gasteiger partial charge in [-0.05, 0) is 55.7 Å². The lowest BCUT2D eigenvalue weighted by Crippen LogP contribution is -2.44. The number of carbonyl (C=O) groups excluding carboxylic acids is 2. The number of hydrogen-bond acceptors (Lipinski definition) is 4. The maximum Gasteiger partial charge on any atom is 0.251 e. The fourth-order valence-electron chi connectivity index (χ4n) is 3.81. The third-order valence-corrected chi connectivity index (χ3v) is 5.88. The van der Waals surface area contributed by atoms with Gasteiger partial charge >= 0.3 is 0 Å². The zero-order valence-corrected chi connectivity index (χ0v) is 19.5. The van der Waals surface area contributed by atoms with Crippen molar-refractivity contribution in [3.05, 3.63) is 59.7 Å². The molecule has 1 fully saturated rings. The van der Waals surface area contributed by atoms with Crippen LogP contribution in [0.4, 0.5) is 5.69 Å². The van der Waals surface area contributed by atoms with Crippen molar-refractivity contribution < 1.29 is 19.1 Å². The van der Waals surface area contributed by atoms with Crippen LogP contribution in [0.2, 0.25) is 0 Å². The molecule has 2 aromatic carbocycles. The second-order valence-corrected chi connectivity index (χ2v) is 9.32. The molecular weight excluding hydrogens is 404 g/mol. The highest BCUT2D eigenvalue weighted by Gasteiger charge is 2.35. The molecule has 0 atom stereocenters. The monoisotopic (exact) mass is 438 g/mol. The van der Waals surface area contributed by atoms with Crippen molar-refractivity contribution in [1.29, 1.82) is 0 Å². The number of anilines is 1. The zero-order valence-electron chi connectivity index (χ0n) is 19.5. The smallest absolute Gasteiger partial charge is 0.251 e. The van der Waals surface area contributed by atoms with Crippen molar-refractivity contribution in [2.75, 3.05) is 31.7 Å². The van der Waals surface area contributed by atoms with Crippen molar-refractivity contribution in [3.63, 3.8) is 0 Å². The Morgan fingerprint density at radius 1 is 1.06 bits per heavy atom. The minimum Gasteiger partial charge on any atom is -0.494 e. The molecule has 0 saturated carbocycles. The zero-order chi connectivity index (χ0) is 23.2. The Hall–Kier alpha value is -2.86. The van der Waals surface area contributed by atoms with Gasteiger partial charge in [0.1, 0.15) is 5.75 Å². The van der Waals surface area contributed by atoms with Gasteiger partial charge in [-0.15, -0.1) is 0 Å². The van der Waals surface area contributed by atoms with Gasteiger partial charge in [-0.25, -0.2) is 0 Å². The van der Waals surface area contributed by atoms with E-state index in [1.165, 1.54) is 5.56 Å². The largest absolute Gasteiger partial charge is 0.494 e. The average Bonchev–Trinajstić information content (AvgIpc) is 2.78. The molecule has 6 nitrogen and oxygen atoms in total. The fourth-order valence-corrected chi connectivity index (χ4v) is 3.81. The van der Waals surface area contributed by atoms with Crippen LogP contribution in [0.25, 0.3) is 0 Å². The summed E-state index contributed by atoms with van der Waals surface area (Å²) in [6, 6.07) is 15.2. The van der Waals surface area contributed by atoms with E-state index in [1.54, 1.807) is 24.3 Å². The number of ether oxygens (including phenoxy) is 2. The van der Waals surface area contributed by atoms with Gasteiger partial charge in [0.15, 0.2) is 0 Å². The van der Waals surface area contributed by atoms with E-state index in [0.717, 1.165) is 18.6 Å². The summed E-state index contributed by atoms with van der Waals surface area (Å²) in [4.78, 5) is 25.2. The van der Waals surface area contributed by atoms with Crippen LogP contribution in [-0.4, -0.2) is 38.2 Å². The lowest BCUT2D eigenvalue weighted by Gasteiger charge is -2.38. The van der Waals surface area contributed by atoms with Crippen LogP contribution < -0.4 is 15.4 Å². The van der Waals surface area contributed by atoms with Gasteiger partial charge in [0.25, 0.3) is 5.91 Å². The molecule has 32 heavy (non-hydrogen) atoms. The number of hydrogen-bond donors (Lipinski definition) is 2. The highest BCUT2D eigenvalue weighted by atomic mass is 16.5. The highest BCUT2D eigenvalue weighted by molar-refractivity contribution is 5.98. The van der Waals surface area contributed by atoms with E-state index >= 15 is 0 Å². The second-order valence-electron chi connectivity index (χ2n) is 9.32. The van der Waals surface area contributed by atoms with Crippen LogP contribution in [0.5, 0.6) is 5.75 Å². The SMILES string of the molecule is CCOc1ccc(C2(CNC(=O)c3cccc(NC(=O)C(C)(C)C)c3)CCOCC2)cc1. The van der Waals surface area contributed by atoms with Crippen molar-refractivity contribution in [3.8, 4) is 5.75 Å². The first-order valence-electron chi connectivity index (χ1n) is 11.2. The molecule has 0 spiro atoms. The Labute approximate surface area is 190 Å². The number of amides is 2. The van der Waals surface area contributed by atoms with Crippen LogP contribution in [0.15, 0.2) is 48.5 Å². The van der Waals surface area contributed by atoms with E-state index in [4.69, 9.17) is 9.47 Å². The van der Waals surface area contributed by atoms with Crippen LogP contribution >= 0.6 is 0 Å². The highest BCUT2D eigenvalue weighted by Crippen LogP contribution is 2.35. The van der Waals surface area contributed by atoms with Crippen molar-refractivity contribution in [1.82, 2.24) is 5.32 Å². The minimum absolute atomic E-state index is 0.0910. The van der Waals surface area contributed by atoms with Crippen molar-refractivity contribution in [2.45, 2.75) is 46.0 Å². The molecule has 1 aliphatic heterocycles. The van der Waals surface area contributed by atoms with Crippen molar-refractivity contribution >= 4 is 17.5 Å². The molecule has 172 valence electrons. The maximum absolute atomic E-state index is 13.0. The Balaban J connectivity index is 1.72. The summed E-state index contributed by atoms with van der Waals surface area (Å²) in [6.07, 6.45) is 1.67. The molecule has 0 radical (unpaired) electrons. The molecule has 2 N–H and O–H groups in total. The first-order chi connectivity index (χ1) is 15.2. The predicted octanol–water partition coefficient (Wildman–Crippen LogP) is 4.55. The summed E-state index contributed by atoms with van der Waals surface area (Å²) in [6.45, 7) is 10.0. The lowest BCUT2D eigenvalue weighted by molar-refractivity contribution is -0.123. The molecular formula is C26H34N2O4. The van der Waals surface area contributed by atoms with E-state index in [-0.39, 0.29) is 17.2 Å². The van der Waals surface area contributed by atoms with Gasteiger partial charge < -0.3 is 20.1 Å². The van der Waals surface area contributed by atoms with Gasteiger partial charge in [-0.1, -0.05) is 39.0 Å². The van der Waals surface area contributed by atoms with Crippen molar-refractivity contribution in [2.24, 2.45) is 5.41 Å². The van der Waals surface area contributed by atoms with Gasteiger partial charge in [-0.3, -0.25) is 9.59 Å². The van der Waals surface area contributed by atoms with Crippen LogP contribution in [0, 0.1) is 5.41 Å². The molecule has 1 saturated heterocycles. The summed E-state index contributed by atoms with van der Waals surface area (Å²) in [7, 11) is 0. The van der Waals surface area contributed by atoms with Gasteiger partial charge in [0.2, 0.25) is 5.91 Å².